The molecule has 1 amide bonds. The van der Waals surface area contributed by atoms with Crippen LogP contribution in [0.2, 0.25) is 5.02 Å². The number of amides is 1. The van der Waals surface area contributed by atoms with Crippen molar-refractivity contribution in [3.8, 4) is 5.75 Å². The summed E-state index contributed by atoms with van der Waals surface area (Å²) < 4.78 is 0. The van der Waals surface area contributed by atoms with E-state index in [-0.39, 0.29) is 11.3 Å². The van der Waals surface area contributed by atoms with Gasteiger partial charge in [-0.15, -0.1) is 0 Å². The average Bonchev–Trinajstić information content (AvgIpc) is 2.17. The third kappa shape index (κ3) is 1.62. The lowest BCUT2D eigenvalue weighted by molar-refractivity contribution is 0.0999. The molecule has 0 aliphatic heterocycles. The third-order valence-corrected chi connectivity index (χ3v) is 2.44. The van der Waals surface area contributed by atoms with Gasteiger partial charge in [0.05, 0.1) is 5.56 Å². The number of primary amides is 1. The Morgan fingerprint density at radius 3 is 2.67 bits per heavy atom. The molecule has 4 heteroatoms. The van der Waals surface area contributed by atoms with Gasteiger partial charge in [0.2, 0.25) is 0 Å². The Bertz CT molecular complexity index is 552. The number of hydrogen-bond acceptors (Lipinski definition) is 2. The van der Waals surface area contributed by atoms with Crippen molar-refractivity contribution in [3.05, 3.63) is 40.9 Å². The molecular formula is C11H8ClNO2. The minimum Gasteiger partial charge on any atom is -0.507 e. The maximum Gasteiger partial charge on any atom is 0.253 e. The largest absolute Gasteiger partial charge is 0.507 e. The van der Waals surface area contributed by atoms with E-state index in [9.17, 15) is 9.90 Å². The molecule has 76 valence electrons. The molecule has 0 heterocycles. The van der Waals surface area contributed by atoms with Crippen molar-refractivity contribution in [1.29, 1.82) is 0 Å². The number of halogens is 1. The number of hydrogen-bond donors (Lipinski definition) is 2. The van der Waals surface area contributed by atoms with E-state index < -0.39 is 5.91 Å². The topological polar surface area (TPSA) is 63.3 Å². The standard InChI is InChI=1S/C11H8ClNO2/c12-7-2-3-8-6(5-7)1-4-9(14)10(8)11(13)15/h1-5,14H,(H2,13,15). The van der Waals surface area contributed by atoms with Gasteiger partial charge in [0.1, 0.15) is 5.75 Å². The highest BCUT2D eigenvalue weighted by Gasteiger charge is 2.11. The smallest absolute Gasteiger partial charge is 0.253 e. The van der Waals surface area contributed by atoms with Crippen LogP contribution in [-0.2, 0) is 0 Å². The van der Waals surface area contributed by atoms with Gasteiger partial charge in [0.25, 0.3) is 5.91 Å². The van der Waals surface area contributed by atoms with Crippen LogP contribution in [0.3, 0.4) is 0 Å². The average molecular weight is 222 g/mol. The molecule has 15 heavy (non-hydrogen) atoms. The number of fused-ring (bicyclic) bond motifs is 1. The number of carbonyl (C=O) groups is 1. The van der Waals surface area contributed by atoms with Crippen molar-refractivity contribution >= 4 is 28.3 Å². The summed E-state index contributed by atoms with van der Waals surface area (Å²) in [4.78, 5) is 11.1. The van der Waals surface area contributed by atoms with E-state index >= 15 is 0 Å². The predicted molar refractivity (Wildman–Crippen MR) is 59.1 cm³/mol. The highest BCUT2D eigenvalue weighted by Crippen LogP contribution is 2.28. The number of rotatable bonds is 1. The first-order valence-electron chi connectivity index (χ1n) is 4.30. The van der Waals surface area contributed by atoms with Crippen molar-refractivity contribution in [2.45, 2.75) is 0 Å². The zero-order valence-electron chi connectivity index (χ0n) is 7.70. The van der Waals surface area contributed by atoms with E-state index in [2.05, 4.69) is 0 Å². The first-order valence-corrected chi connectivity index (χ1v) is 4.68. The van der Waals surface area contributed by atoms with Gasteiger partial charge in [-0.3, -0.25) is 4.79 Å². The SMILES string of the molecule is NC(=O)c1c(O)ccc2cc(Cl)ccc12. The van der Waals surface area contributed by atoms with Gasteiger partial charge in [-0.25, -0.2) is 0 Å². The van der Waals surface area contributed by atoms with E-state index in [1.54, 1.807) is 24.3 Å². The lowest BCUT2D eigenvalue weighted by atomic mass is 10.0. The van der Waals surface area contributed by atoms with Crippen LogP contribution < -0.4 is 5.73 Å². The van der Waals surface area contributed by atoms with Gasteiger partial charge in [0.15, 0.2) is 0 Å². The van der Waals surface area contributed by atoms with Crippen molar-refractivity contribution in [3.63, 3.8) is 0 Å². The summed E-state index contributed by atoms with van der Waals surface area (Å²) in [6.45, 7) is 0. The molecule has 0 saturated carbocycles. The molecule has 2 aromatic carbocycles. The first-order chi connectivity index (χ1) is 7.09. The highest BCUT2D eigenvalue weighted by atomic mass is 35.5. The molecule has 0 radical (unpaired) electrons. The second-order valence-electron chi connectivity index (χ2n) is 3.19. The quantitative estimate of drug-likeness (QED) is 0.776. The Morgan fingerprint density at radius 1 is 1.27 bits per heavy atom. The zero-order chi connectivity index (χ0) is 11.0. The number of phenols is 1. The van der Waals surface area contributed by atoms with Gasteiger partial charge in [-0.2, -0.15) is 0 Å². The van der Waals surface area contributed by atoms with Crippen LogP contribution in [0.15, 0.2) is 30.3 Å². The fourth-order valence-corrected chi connectivity index (χ4v) is 1.73. The summed E-state index contributed by atoms with van der Waals surface area (Å²) in [5, 5.41) is 11.5. The molecule has 0 saturated heterocycles. The Morgan fingerprint density at radius 2 is 2.00 bits per heavy atom. The Kier molecular flexibility index (Phi) is 2.25. The summed E-state index contributed by atoms with van der Waals surface area (Å²) in [5.74, 6) is -0.766. The van der Waals surface area contributed by atoms with Crippen molar-refractivity contribution < 1.29 is 9.90 Å². The Hall–Kier alpha value is -1.74. The van der Waals surface area contributed by atoms with E-state index in [1.807, 2.05) is 0 Å². The van der Waals surface area contributed by atoms with E-state index in [4.69, 9.17) is 17.3 Å². The number of aromatic hydroxyl groups is 1. The van der Waals surface area contributed by atoms with E-state index in [1.165, 1.54) is 6.07 Å². The van der Waals surface area contributed by atoms with Crippen LogP contribution >= 0.6 is 11.6 Å². The second kappa shape index (κ2) is 3.44. The predicted octanol–water partition coefficient (Wildman–Crippen LogP) is 2.30. The number of carbonyl (C=O) groups excluding carboxylic acids is 1. The second-order valence-corrected chi connectivity index (χ2v) is 3.63. The van der Waals surface area contributed by atoms with Gasteiger partial charge >= 0.3 is 0 Å². The molecule has 0 bridgehead atoms. The Balaban J connectivity index is 2.88. The zero-order valence-corrected chi connectivity index (χ0v) is 8.45. The summed E-state index contributed by atoms with van der Waals surface area (Å²) in [5.41, 5.74) is 5.32. The summed E-state index contributed by atoms with van der Waals surface area (Å²) in [6, 6.07) is 8.14. The fourth-order valence-electron chi connectivity index (χ4n) is 1.55. The molecule has 0 aliphatic carbocycles. The number of nitrogens with two attached hydrogens (primary N) is 1. The molecule has 0 atom stereocenters. The van der Waals surface area contributed by atoms with Crippen LogP contribution in [-0.4, -0.2) is 11.0 Å². The maximum atomic E-state index is 11.1. The van der Waals surface area contributed by atoms with Crippen molar-refractivity contribution in [2.75, 3.05) is 0 Å². The van der Waals surface area contributed by atoms with Crippen LogP contribution in [0.4, 0.5) is 0 Å². The molecule has 3 nitrogen and oxygen atoms in total. The summed E-state index contributed by atoms with van der Waals surface area (Å²) in [6.07, 6.45) is 0. The van der Waals surface area contributed by atoms with Crippen molar-refractivity contribution in [2.24, 2.45) is 5.73 Å². The molecule has 2 aromatic rings. The highest BCUT2D eigenvalue weighted by molar-refractivity contribution is 6.31. The van der Waals surface area contributed by atoms with Gasteiger partial charge in [0, 0.05) is 5.02 Å². The van der Waals surface area contributed by atoms with Crippen LogP contribution in [0.25, 0.3) is 10.8 Å². The molecule has 0 unspecified atom stereocenters. The monoisotopic (exact) mass is 221 g/mol. The molecule has 0 fully saturated rings. The summed E-state index contributed by atoms with van der Waals surface area (Å²) in [7, 11) is 0. The van der Waals surface area contributed by atoms with Crippen LogP contribution in [0.5, 0.6) is 5.75 Å². The molecule has 2 rings (SSSR count). The van der Waals surface area contributed by atoms with E-state index in [0.717, 1.165) is 5.39 Å². The molecular weight excluding hydrogens is 214 g/mol. The minimum atomic E-state index is -0.652. The lowest BCUT2D eigenvalue weighted by Gasteiger charge is -2.05. The fraction of sp³-hybridized carbons (Fsp3) is 0. The Labute approximate surface area is 91.1 Å². The van der Waals surface area contributed by atoms with Crippen molar-refractivity contribution in [1.82, 2.24) is 0 Å². The van der Waals surface area contributed by atoms with Crippen LogP contribution in [0, 0.1) is 0 Å². The van der Waals surface area contributed by atoms with Gasteiger partial charge < -0.3 is 10.8 Å². The van der Waals surface area contributed by atoms with Crippen LogP contribution in [0.1, 0.15) is 10.4 Å². The number of benzene rings is 2. The first kappa shape index (κ1) is 9.80. The van der Waals surface area contributed by atoms with E-state index in [0.29, 0.717) is 10.4 Å². The molecule has 0 aliphatic rings. The van der Waals surface area contributed by atoms with Gasteiger partial charge in [-0.1, -0.05) is 23.7 Å². The lowest BCUT2D eigenvalue weighted by Crippen LogP contribution is -2.11. The molecule has 0 spiro atoms. The molecule has 3 N–H and O–H groups in total. The third-order valence-electron chi connectivity index (χ3n) is 2.21. The normalized spacial score (nSPS) is 10.5. The minimum absolute atomic E-state index is 0.114. The maximum absolute atomic E-state index is 11.1. The molecule has 0 aromatic heterocycles. The summed E-state index contributed by atoms with van der Waals surface area (Å²) >= 11 is 5.81. The van der Waals surface area contributed by atoms with Gasteiger partial charge in [-0.05, 0) is 29.0 Å².